The Balaban J connectivity index is 2.13. The van der Waals surface area contributed by atoms with E-state index >= 15 is 0 Å². The van der Waals surface area contributed by atoms with Gasteiger partial charge in [-0.1, -0.05) is 12.1 Å². The van der Waals surface area contributed by atoms with Crippen LogP contribution in [0.2, 0.25) is 0 Å². The molecule has 3 rings (SSSR count). The molecule has 1 aromatic carbocycles. The third kappa shape index (κ3) is 4.44. The topological polar surface area (TPSA) is 167 Å². The second-order valence-electron chi connectivity index (χ2n) is 7.43. The van der Waals surface area contributed by atoms with Crippen LogP contribution in [-0.4, -0.2) is 51.2 Å². The van der Waals surface area contributed by atoms with Gasteiger partial charge in [0.2, 0.25) is 0 Å². The molecule has 12 nitrogen and oxygen atoms in total. The fourth-order valence-electron chi connectivity index (χ4n) is 3.47. The van der Waals surface area contributed by atoms with Crippen LogP contribution < -0.4 is 5.32 Å². The number of nitro groups is 1. The summed E-state index contributed by atoms with van der Waals surface area (Å²) in [5.74, 6) is -2.60. The fourth-order valence-corrected chi connectivity index (χ4v) is 3.47. The van der Waals surface area contributed by atoms with Crippen LogP contribution in [0.3, 0.4) is 0 Å². The molecule has 0 radical (unpaired) electrons. The number of aliphatic hydroxyl groups is 1. The lowest BCUT2D eigenvalue weighted by molar-refractivity contribution is -0.572. The zero-order chi connectivity index (χ0) is 23.6. The molecule has 2 atom stereocenters. The molecule has 0 aliphatic carbocycles. The Kier molecular flexibility index (Phi) is 6.53. The minimum absolute atomic E-state index is 0.0114. The number of allylic oxidation sites excluding steroid dienone is 2. The summed E-state index contributed by atoms with van der Waals surface area (Å²) in [6.45, 7) is 5.78. The molecule has 0 amide bonds. The van der Waals surface area contributed by atoms with Gasteiger partial charge in [0, 0.05) is 11.4 Å². The molecule has 2 heterocycles. The first-order valence-corrected chi connectivity index (χ1v) is 9.71. The average molecular weight is 446 g/mol. The van der Waals surface area contributed by atoms with Gasteiger partial charge in [-0.2, -0.15) is 0 Å². The molecule has 2 unspecified atom stereocenters. The van der Waals surface area contributed by atoms with E-state index in [1.165, 1.54) is 0 Å². The van der Waals surface area contributed by atoms with Crippen molar-refractivity contribution < 1.29 is 33.7 Å². The van der Waals surface area contributed by atoms with Gasteiger partial charge in [0.05, 0.1) is 28.1 Å². The number of rotatable bonds is 7. The van der Waals surface area contributed by atoms with Crippen LogP contribution >= 0.6 is 0 Å². The summed E-state index contributed by atoms with van der Waals surface area (Å²) >= 11 is 0. The zero-order valence-electron chi connectivity index (χ0n) is 17.8. The molecule has 32 heavy (non-hydrogen) atoms. The number of aliphatic hydroxyl groups excluding tert-OH is 1. The van der Waals surface area contributed by atoms with Crippen molar-refractivity contribution >= 4 is 23.0 Å². The average Bonchev–Trinajstić information content (AvgIpc) is 3.19. The molecule has 0 fully saturated rings. The van der Waals surface area contributed by atoms with E-state index in [0.29, 0.717) is 28.0 Å². The largest absolute Gasteiger partial charge is 0.460 e. The highest BCUT2D eigenvalue weighted by Gasteiger charge is 2.40. The maximum Gasteiger partial charge on any atom is 0.347 e. The number of nitrogens with one attached hydrogen (secondary N) is 1. The van der Waals surface area contributed by atoms with E-state index in [0.717, 1.165) is 0 Å². The number of hydrogen-bond donors (Lipinski definition) is 2. The quantitative estimate of drug-likeness (QED) is 0.274. The van der Waals surface area contributed by atoms with Crippen molar-refractivity contribution in [3.05, 3.63) is 56.4 Å². The normalized spacial score (nSPS) is 17.4. The molecule has 0 spiro atoms. The summed E-state index contributed by atoms with van der Waals surface area (Å²) < 4.78 is 15.2. The highest BCUT2D eigenvalue weighted by Crippen LogP contribution is 2.41. The number of benzene rings is 1. The number of ether oxygens (including phenoxy) is 2. The maximum atomic E-state index is 13.0. The minimum atomic E-state index is -2.08. The van der Waals surface area contributed by atoms with Crippen molar-refractivity contribution in [1.82, 2.24) is 15.6 Å². The monoisotopic (exact) mass is 446 g/mol. The second-order valence-corrected chi connectivity index (χ2v) is 7.43. The molecule has 1 aromatic heterocycles. The van der Waals surface area contributed by atoms with Gasteiger partial charge in [-0.05, 0) is 49.6 Å². The third-order valence-corrected chi connectivity index (χ3v) is 4.78. The molecule has 12 heteroatoms. The molecule has 0 saturated carbocycles. The molecule has 170 valence electrons. The maximum absolute atomic E-state index is 13.0. The van der Waals surface area contributed by atoms with E-state index in [1.54, 1.807) is 45.9 Å². The van der Waals surface area contributed by atoms with Crippen LogP contribution in [0, 0.1) is 10.1 Å². The Morgan fingerprint density at radius 1 is 1.22 bits per heavy atom. The van der Waals surface area contributed by atoms with E-state index in [1.807, 2.05) is 0 Å². The van der Waals surface area contributed by atoms with E-state index in [-0.39, 0.29) is 11.1 Å². The summed E-state index contributed by atoms with van der Waals surface area (Å²) in [6.07, 6.45) is -2.51. The van der Waals surface area contributed by atoms with Gasteiger partial charge in [0.15, 0.2) is 6.61 Å². The van der Waals surface area contributed by atoms with Crippen LogP contribution in [0.15, 0.2) is 45.4 Å². The number of esters is 2. The molecule has 0 bridgehead atoms. The summed E-state index contributed by atoms with van der Waals surface area (Å²) in [4.78, 5) is 35.7. The first-order chi connectivity index (χ1) is 15.1. The van der Waals surface area contributed by atoms with Gasteiger partial charge < -0.3 is 19.9 Å². The van der Waals surface area contributed by atoms with Crippen molar-refractivity contribution in [3.8, 4) is 0 Å². The van der Waals surface area contributed by atoms with Gasteiger partial charge >= 0.3 is 18.2 Å². The van der Waals surface area contributed by atoms with Crippen LogP contribution in [-0.2, 0) is 19.1 Å². The van der Waals surface area contributed by atoms with E-state index in [9.17, 15) is 24.8 Å². The summed E-state index contributed by atoms with van der Waals surface area (Å²) in [5, 5.41) is 30.8. The van der Waals surface area contributed by atoms with Crippen LogP contribution in [0.25, 0.3) is 11.0 Å². The van der Waals surface area contributed by atoms with E-state index in [4.69, 9.17) is 14.1 Å². The summed E-state index contributed by atoms with van der Waals surface area (Å²) in [7, 11) is 0. The van der Waals surface area contributed by atoms with Crippen molar-refractivity contribution in [1.29, 1.82) is 0 Å². The number of dihydropyridines is 1. The molecular weight excluding hydrogens is 424 g/mol. The van der Waals surface area contributed by atoms with E-state index < -0.39 is 41.7 Å². The minimum Gasteiger partial charge on any atom is -0.460 e. The van der Waals surface area contributed by atoms with Gasteiger partial charge in [-0.15, -0.1) is 0 Å². The van der Waals surface area contributed by atoms with Gasteiger partial charge in [0.25, 0.3) is 0 Å². The van der Waals surface area contributed by atoms with Crippen LogP contribution in [0.1, 0.15) is 39.2 Å². The number of fused-ring (bicyclic) bond motifs is 1. The van der Waals surface area contributed by atoms with Crippen molar-refractivity contribution in [2.45, 2.75) is 45.9 Å². The first kappa shape index (κ1) is 22.9. The fraction of sp³-hybridized carbons (Fsp3) is 0.400. The molecule has 2 N–H and O–H groups in total. The Morgan fingerprint density at radius 3 is 2.50 bits per heavy atom. The first-order valence-electron chi connectivity index (χ1n) is 9.71. The molecular formula is C20H22N4O8. The second kappa shape index (κ2) is 9.14. The van der Waals surface area contributed by atoms with Crippen LogP contribution in [0.4, 0.5) is 0 Å². The lowest BCUT2D eigenvalue weighted by atomic mass is 9.80. The van der Waals surface area contributed by atoms with E-state index in [2.05, 4.69) is 15.6 Å². The molecule has 0 saturated heterocycles. The predicted octanol–water partition coefficient (Wildman–Crippen LogP) is 1.55. The highest BCUT2D eigenvalue weighted by molar-refractivity contribution is 6.01. The Bertz CT molecular complexity index is 1130. The number of carbonyl (C=O) groups is 2. The lowest BCUT2D eigenvalue weighted by Crippen LogP contribution is -2.34. The molecule has 2 aromatic rings. The Morgan fingerprint density at radius 2 is 1.88 bits per heavy atom. The number of hydrogen-bond acceptors (Lipinski definition) is 11. The van der Waals surface area contributed by atoms with Crippen molar-refractivity contribution in [2.75, 3.05) is 6.61 Å². The van der Waals surface area contributed by atoms with Gasteiger partial charge in [-0.25, -0.2) is 14.2 Å². The van der Waals surface area contributed by atoms with Crippen LogP contribution in [0.5, 0.6) is 0 Å². The van der Waals surface area contributed by atoms with Gasteiger partial charge in [0.1, 0.15) is 11.0 Å². The standard InChI is InChI=1S/C20H22N4O8/c1-9(2)31-20(27)16-11(4)21-10(3)15(19(26)30-8-14(25)24(28)29)17(16)12-6-5-7-13-18(12)23-32-22-13/h5-7,9,14,17,21,25H,8H2,1-4H3. The smallest absolute Gasteiger partial charge is 0.347 e. The number of carbonyl (C=O) groups excluding carboxylic acids is 2. The highest BCUT2D eigenvalue weighted by atomic mass is 16.7. The lowest BCUT2D eigenvalue weighted by Gasteiger charge is -2.30. The Hall–Kier alpha value is -3.80. The van der Waals surface area contributed by atoms with Crippen molar-refractivity contribution in [3.63, 3.8) is 0 Å². The summed E-state index contributed by atoms with van der Waals surface area (Å²) in [5.41, 5.74) is 2.13. The van der Waals surface area contributed by atoms with Crippen molar-refractivity contribution in [2.24, 2.45) is 0 Å². The number of nitrogens with zero attached hydrogens (tertiary/aromatic N) is 3. The zero-order valence-corrected chi connectivity index (χ0v) is 17.8. The third-order valence-electron chi connectivity index (χ3n) is 4.78. The molecule has 1 aliphatic heterocycles. The van der Waals surface area contributed by atoms with Gasteiger partial charge in [-0.3, -0.25) is 10.1 Å². The number of aromatic nitrogens is 2. The predicted molar refractivity (Wildman–Crippen MR) is 108 cm³/mol. The summed E-state index contributed by atoms with van der Waals surface area (Å²) in [6, 6.07) is 4.98. The Labute approximate surface area is 182 Å². The molecule has 1 aliphatic rings. The SMILES string of the molecule is CC1=C(C(=O)OCC(O)[N+](=O)[O-])C(c2cccc3nonc23)C(C(=O)OC(C)C)=C(C)N1.